The van der Waals surface area contributed by atoms with Crippen LogP contribution in [0.4, 0.5) is 4.39 Å². The fraction of sp³-hybridized carbons (Fsp3) is 0.133. The maximum absolute atomic E-state index is 13.3. The highest BCUT2D eigenvalue weighted by molar-refractivity contribution is 5.76. The molecule has 0 unspecified atom stereocenters. The van der Waals surface area contributed by atoms with Gasteiger partial charge in [-0.3, -0.25) is 4.79 Å². The summed E-state index contributed by atoms with van der Waals surface area (Å²) >= 11 is 0. The number of hydrogen-bond acceptors (Lipinski definition) is 2. The number of carbonyl (C=O) groups is 1. The van der Waals surface area contributed by atoms with Gasteiger partial charge in [0, 0.05) is 5.56 Å². The van der Waals surface area contributed by atoms with Gasteiger partial charge < -0.3 is 10.5 Å². The Kier molecular flexibility index (Phi) is 3.80. The molecule has 1 amide bonds. The minimum Gasteiger partial charge on any atom is -0.483 e. The molecule has 0 heterocycles. The van der Waals surface area contributed by atoms with Crippen LogP contribution < -0.4 is 10.5 Å². The number of aryl methyl sites for hydroxylation is 1. The van der Waals surface area contributed by atoms with Gasteiger partial charge in [0.25, 0.3) is 5.91 Å². The second-order valence-corrected chi connectivity index (χ2v) is 4.26. The Morgan fingerprint density at radius 3 is 2.74 bits per heavy atom. The first kappa shape index (κ1) is 13.1. The molecule has 3 nitrogen and oxygen atoms in total. The van der Waals surface area contributed by atoms with Gasteiger partial charge in [0.1, 0.15) is 11.6 Å². The van der Waals surface area contributed by atoms with E-state index in [0.29, 0.717) is 11.3 Å². The predicted molar refractivity (Wildman–Crippen MR) is 71.3 cm³/mol. The van der Waals surface area contributed by atoms with E-state index in [1.165, 1.54) is 12.1 Å². The van der Waals surface area contributed by atoms with E-state index in [2.05, 4.69) is 0 Å². The summed E-state index contributed by atoms with van der Waals surface area (Å²) in [5.74, 6) is -0.361. The van der Waals surface area contributed by atoms with Gasteiger partial charge in [-0.15, -0.1) is 0 Å². The van der Waals surface area contributed by atoms with E-state index in [4.69, 9.17) is 10.5 Å². The molecule has 2 N–H and O–H groups in total. The molecular formula is C15H14FNO2. The molecule has 0 aromatic heterocycles. The normalized spacial score (nSPS) is 10.2. The Morgan fingerprint density at radius 1 is 1.26 bits per heavy atom. The van der Waals surface area contributed by atoms with E-state index < -0.39 is 5.91 Å². The van der Waals surface area contributed by atoms with Crippen molar-refractivity contribution in [2.24, 2.45) is 5.73 Å². The number of ether oxygens (including phenoxy) is 1. The van der Waals surface area contributed by atoms with Gasteiger partial charge in [-0.2, -0.15) is 0 Å². The smallest absolute Gasteiger partial charge is 0.255 e. The van der Waals surface area contributed by atoms with Crippen molar-refractivity contribution in [2.75, 3.05) is 6.61 Å². The summed E-state index contributed by atoms with van der Waals surface area (Å²) in [6.45, 7) is 1.73. The molecule has 0 fully saturated rings. The van der Waals surface area contributed by atoms with Crippen LogP contribution in [0.15, 0.2) is 42.5 Å². The third-order valence-electron chi connectivity index (χ3n) is 2.64. The minimum atomic E-state index is -0.550. The second kappa shape index (κ2) is 5.52. The number of halogens is 1. The van der Waals surface area contributed by atoms with E-state index in [0.717, 1.165) is 11.1 Å². The van der Waals surface area contributed by atoms with Crippen LogP contribution in [0.2, 0.25) is 0 Å². The quantitative estimate of drug-likeness (QED) is 0.917. The van der Waals surface area contributed by atoms with E-state index in [1.54, 1.807) is 18.2 Å². The second-order valence-electron chi connectivity index (χ2n) is 4.26. The maximum atomic E-state index is 13.3. The summed E-state index contributed by atoms with van der Waals surface area (Å²) in [5.41, 5.74) is 7.51. The molecule has 0 bridgehead atoms. The fourth-order valence-electron chi connectivity index (χ4n) is 1.80. The van der Waals surface area contributed by atoms with Crippen LogP contribution in [0.1, 0.15) is 5.56 Å². The van der Waals surface area contributed by atoms with Crippen LogP contribution in [0.3, 0.4) is 0 Å². The summed E-state index contributed by atoms with van der Waals surface area (Å²) in [6, 6.07) is 11.7. The first-order valence-electron chi connectivity index (χ1n) is 5.84. The number of hydrogen-bond donors (Lipinski definition) is 1. The number of primary amides is 1. The highest BCUT2D eigenvalue weighted by Gasteiger charge is 2.08. The Labute approximate surface area is 110 Å². The minimum absolute atomic E-state index is 0.203. The summed E-state index contributed by atoms with van der Waals surface area (Å²) in [6.07, 6.45) is 0. The van der Waals surface area contributed by atoms with Crippen LogP contribution in [0.5, 0.6) is 5.75 Å². The first-order valence-corrected chi connectivity index (χ1v) is 5.84. The van der Waals surface area contributed by atoms with Gasteiger partial charge in [-0.1, -0.05) is 23.8 Å². The Balaban J connectivity index is 2.42. The molecule has 0 radical (unpaired) electrons. The molecule has 0 atom stereocenters. The van der Waals surface area contributed by atoms with Crippen molar-refractivity contribution in [3.63, 3.8) is 0 Å². The highest BCUT2D eigenvalue weighted by Crippen LogP contribution is 2.31. The lowest BCUT2D eigenvalue weighted by atomic mass is 10.0. The number of carbonyl (C=O) groups excluding carboxylic acids is 1. The topological polar surface area (TPSA) is 52.3 Å². The molecule has 98 valence electrons. The molecule has 2 rings (SSSR count). The van der Waals surface area contributed by atoms with Gasteiger partial charge in [0.05, 0.1) is 0 Å². The molecule has 0 aliphatic rings. The lowest BCUT2D eigenvalue weighted by Crippen LogP contribution is -2.20. The molecule has 2 aromatic carbocycles. The molecule has 0 aliphatic heterocycles. The monoisotopic (exact) mass is 259 g/mol. The average Bonchev–Trinajstić information content (AvgIpc) is 2.37. The standard InChI is InChI=1S/C15H14FNO2/c1-10-5-6-14(19-9-15(17)18)13(7-10)11-3-2-4-12(16)8-11/h2-8H,9H2,1H3,(H2,17,18). The van der Waals surface area contributed by atoms with Crippen molar-refractivity contribution in [1.29, 1.82) is 0 Å². The number of rotatable bonds is 4. The van der Waals surface area contributed by atoms with Gasteiger partial charge in [-0.05, 0) is 36.8 Å². The highest BCUT2D eigenvalue weighted by atomic mass is 19.1. The largest absolute Gasteiger partial charge is 0.483 e. The molecule has 0 spiro atoms. The van der Waals surface area contributed by atoms with Crippen LogP contribution in [-0.2, 0) is 4.79 Å². The third kappa shape index (κ3) is 3.31. The number of amides is 1. The summed E-state index contributed by atoms with van der Waals surface area (Å²) in [4.78, 5) is 10.8. The maximum Gasteiger partial charge on any atom is 0.255 e. The lowest BCUT2D eigenvalue weighted by Gasteiger charge is -2.11. The molecule has 2 aromatic rings. The molecule has 0 saturated heterocycles. The fourth-order valence-corrected chi connectivity index (χ4v) is 1.80. The molecule has 19 heavy (non-hydrogen) atoms. The Hall–Kier alpha value is -2.36. The van der Waals surface area contributed by atoms with Gasteiger partial charge in [0.2, 0.25) is 0 Å². The molecule has 0 aliphatic carbocycles. The summed E-state index contributed by atoms with van der Waals surface area (Å²) < 4.78 is 18.6. The summed E-state index contributed by atoms with van der Waals surface area (Å²) in [5, 5.41) is 0. The van der Waals surface area contributed by atoms with E-state index >= 15 is 0 Å². The van der Waals surface area contributed by atoms with Crippen molar-refractivity contribution >= 4 is 5.91 Å². The predicted octanol–water partition coefficient (Wildman–Crippen LogP) is 2.67. The van der Waals surface area contributed by atoms with Gasteiger partial charge in [-0.25, -0.2) is 4.39 Å². The van der Waals surface area contributed by atoms with Crippen molar-refractivity contribution < 1.29 is 13.9 Å². The number of benzene rings is 2. The molecule has 4 heteroatoms. The van der Waals surface area contributed by atoms with Crippen LogP contribution >= 0.6 is 0 Å². The van der Waals surface area contributed by atoms with Crippen molar-refractivity contribution in [2.45, 2.75) is 6.92 Å². The first-order chi connectivity index (χ1) is 9.06. The third-order valence-corrected chi connectivity index (χ3v) is 2.64. The van der Waals surface area contributed by atoms with E-state index in [-0.39, 0.29) is 12.4 Å². The summed E-state index contributed by atoms with van der Waals surface area (Å²) in [7, 11) is 0. The van der Waals surface area contributed by atoms with Gasteiger partial charge >= 0.3 is 0 Å². The zero-order valence-corrected chi connectivity index (χ0v) is 10.5. The van der Waals surface area contributed by atoms with Crippen molar-refractivity contribution in [3.05, 3.63) is 53.8 Å². The Bertz CT molecular complexity index is 611. The molecular weight excluding hydrogens is 245 g/mol. The Morgan fingerprint density at radius 2 is 2.05 bits per heavy atom. The van der Waals surface area contributed by atoms with Gasteiger partial charge in [0.15, 0.2) is 6.61 Å². The SMILES string of the molecule is Cc1ccc(OCC(N)=O)c(-c2cccc(F)c2)c1. The van der Waals surface area contributed by atoms with Crippen molar-refractivity contribution in [3.8, 4) is 16.9 Å². The lowest BCUT2D eigenvalue weighted by molar-refractivity contribution is -0.119. The van der Waals surface area contributed by atoms with Crippen LogP contribution in [0.25, 0.3) is 11.1 Å². The zero-order valence-electron chi connectivity index (χ0n) is 10.5. The average molecular weight is 259 g/mol. The zero-order chi connectivity index (χ0) is 13.8. The molecule has 0 saturated carbocycles. The van der Waals surface area contributed by atoms with Crippen LogP contribution in [-0.4, -0.2) is 12.5 Å². The van der Waals surface area contributed by atoms with Crippen LogP contribution in [0, 0.1) is 12.7 Å². The number of nitrogens with two attached hydrogens (primary N) is 1. The van der Waals surface area contributed by atoms with E-state index in [1.807, 2.05) is 19.1 Å². The van der Waals surface area contributed by atoms with E-state index in [9.17, 15) is 9.18 Å². The van der Waals surface area contributed by atoms with Crippen molar-refractivity contribution in [1.82, 2.24) is 0 Å².